The van der Waals surface area contributed by atoms with Crippen LogP contribution < -0.4 is 0 Å². The molecule has 3 aromatic rings. The summed E-state index contributed by atoms with van der Waals surface area (Å²) in [6, 6.07) is 5.77. The van der Waals surface area contributed by atoms with Gasteiger partial charge in [-0.15, -0.1) is 11.6 Å². The SMILES string of the molecule is Fc1cc(F)c2nc(CCl)n(Cc3cccnc3)c2c1. The zero-order chi connectivity index (χ0) is 14.1. The molecule has 0 fully saturated rings. The van der Waals surface area contributed by atoms with Crippen molar-refractivity contribution in [2.45, 2.75) is 12.4 Å². The maximum atomic E-state index is 13.7. The Morgan fingerprint density at radius 1 is 1.25 bits per heavy atom. The van der Waals surface area contributed by atoms with E-state index in [0.29, 0.717) is 17.9 Å². The highest BCUT2D eigenvalue weighted by atomic mass is 35.5. The van der Waals surface area contributed by atoms with E-state index in [1.807, 2.05) is 6.07 Å². The van der Waals surface area contributed by atoms with E-state index in [0.717, 1.165) is 11.6 Å². The minimum Gasteiger partial charge on any atom is -0.322 e. The molecule has 0 bridgehead atoms. The van der Waals surface area contributed by atoms with Crippen LogP contribution in [0.15, 0.2) is 36.7 Å². The molecular formula is C14H10ClF2N3. The van der Waals surface area contributed by atoms with Crippen molar-refractivity contribution in [3.05, 3.63) is 59.7 Å². The fourth-order valence-corrected chi connectivity index (χ4v) is 2.35. The summed E-state index contributed by atoms with van der Waals surface area (Å²) in [7, 11) is 0. The van der Waals surface area contributed by atoms with Crippen LogP contribution in [0.2, 0.25) is 0 Å². The van der Waals surface area contributed by atoms with Crippen LogP contribution in [0.3, 0.4) is 0 Å². The van der Waals surface area contributed by atoms with E-state index in [4.69, 9.17) is 11.6 Å². The van der Waals surface area contributed by atoms with Gasteiger partial charge >= 0.3 is 0 Å². The van der Waals surface area contributed by atoms with Crippen molar-refractivity contribution in [2.24, 2.45) is 0 Å². The van der Waals surface area contributed by atoms with E-state index in [2.05, 4.69) is 9.97 Å². The van der Waals surface area contributed by atoms with Crippen molar-refractivity contribution in [3.63, 3.8) is 0 Å². The van der Waals surface area contributed by atoms with Gasteiger partial charge in [-0.2, -0.15) is 0 Å². The lowest BCUT2D eigenvalue weighted by molar-refractivity contribution is 0.590. The molecule has 0 aliphatic heterocycles. The minimum atomic E-state index is -0.684. The number of fused-ring (bicyclic) bond motifs is 1. The summed E-state index contributed by atoms with van der Waals surface area (Å²) >= 11 is 5.85. The Kier molecular flexibility index (Phi) is 3.36. The smallest absolute Gasteiger partial charge is 0.153 e. The number of benzene rings is 1. The van der Waals surface area contributed by atoms with Gasteiger partial charge in [0.2, 0.25) is 0 Å². The summed E-state index contributed by atoms with van der Waals surface area (Å²) in [5.74, 6) is -0.703. The molecule has 0 atom stereocenters. The van der Waals surface area contributed by atoms with Crippen LogP contribution in [0.5, 0.6) is 0 Å². The average molecular weight is 294 g/mol. The monoisotopic (exact) mass is 293 g/mol. The molecule has 3 nitrogen and oxygen atoms in total. The second kappa shape index (κ2) is 5.17. The van der Waals surface area contributed by atoms with E-state index in [9.17, 15) is 8.78 Å². The predicted octanol–water partition coefficient (Wildman–Crippen LogP) is 3.50. The Balaban J connectivity index is 2.17. The third kappa shape index (κ3) is 2.25. The molecule has 0 saturated carbocycles. The van der Waals surface area contributed by atoms with Gasteiger partial charge in [-0.3, -0.25) is 4.98 Å². The number of aromatic nitrogens is 3. The highest BCUT2D eigenvalue weighted by Gasteiger charge is 2.15. The Morgan fingerprint density at radius 3 is 2.80 bits per heavy atom. The lowest BCUT2D eigenvalue weighted by Crippen LogP contribution is -2.04. The first-order chi connectivity index (χ1) is 9.69. The highest BCUT2D eigenvalue weighted by Crippen LogP contribution is 2.23. The summed E-state index contributed by atoms with van der Waals surface area (Å²) in [6.07, 6.45) is 3.36. The Hall–Kier alpha value is -2.01. The van der Waals surface area contributed by atoms with Gasteiger partial charge in [-0.25, -0.2) is 13.8 Å². The molecule has 0 unspecified atom stereocenters. The van der Waals surface area contributed by atoms with E-state index in [-0.39, 0.29) is 11.4 Å². The van der Waals surface area contributed by atoms with Gasteiger partial charge in [0.25, 0.3) is 0 Å². The van der Waals surface area contributed by atoms with Crippen LogP contribution >= 0.6 is 11.6 Å². The molecule has 2 aromatic heterocycles. The molecule has 6 heteroatoms. The number of halogens is 3. The van der Waals surface area contributed by atoms with E-state index < -0.39 is 11.6 Å². The van der Waals surface area contributed by atoms with Crippen molar-refractivity contribution in [1.82, 2.24) is 14.5 Å². The van der Waals surface area contributed by atoms with Gasteiger partial charge in [-0.1, -0.05) is 6.07 Å². The lowest BCUT2D eigenvalue weighted by atomic mass is 10.2. The van der Waals surface area contributed by atoms with Gasteiger partial charge in [0, 0.05) is 18.5 Å². The van der Waals surface area contributed by atoms with Crippen molar-refractivity contribution < 1.29 is 8.78 Å². The van der Waals surface area contributed by atoms with Gasteiger partial charge < -0.3 is 4.57 Å². The van der Waals surface area contributed by atoms with Crippen molar-refractivity contribution >= 4 is 22.6 Å². The predicted molar refractivity (Wildman–Crippen MR) is 72.5 cm³/mol. The molecule has 0 saturated heterocycles. The van der Waals surface area contributed by atoms with Crippen LogP contribution in [0.25, 0.3) is 11.0 Å². The number of hydrogen-bond acceptors (Lipinski definition) is 2. The summed E-state index contributed by atoms with van der Waals surface area (Å²) in [5, 5.41) is 0. The second-order valence-electron chi connectivity index (χ2n) is 4.36. The first kappa shape index (κ1) is 13.0. The third-order valence-electron chi connectivity index (χ3n) is 3.03. The average Bonchev–Trinajstić information content (AvgIpc) is 2.78. The molecular weight excluding hydrogens is 284 g/mol. The van der Waals surface area contributed by atoms with Gasteiger partial charge in [0.1, 0.15) is 17.2 Å². The molecule has 0 spiro atoms. The van der Waals surface area contributed by atoms with Crippen molar-refractivity contribution in [1.29, 1.82) is 0 Å². The van der Waals surface area contributed by atoms with E-state index in [1.165, 1.54) is 6.07 Å². The molecule has 1 aromatic carbocycles. The van der Waals surface area contributed by atoms with Crippen LogP contribution in [0.4, 0.5) is 8.78 Å². The quantitative estimate of drug-likeness (QED) is 0.692. The van der Waals surface area contributed by atoms with Crippen LogP contribution in [-0.2, 0) is 12.4 Å². The highest BCUT2D eigenvalue weighted by molar-refractivity contribution is 6.16. The minimum absolute atomic E-state index is 0.121. The summed E-state index contributed by atoms with van der Waals surface area (Å²) in [5.41, 5.74) is 1.43. The first-order valence-corrected chi connectivity index (χ1v) is 6.51. The Labute approximate surface area is 118 Å². The molecule has 0 N–H and O–H groups in total. The molecule has 3 rings (SSSR count). The second-order valence-corrected chi connectivity index (χ2v) is 4.63. The zero-order valence-electron chi connectivity index (χ0n) is 10.4. The fourth-order valence-electron chi connectivity index (χ4n) is 2.15. The maximum absolute atomic E-state index is 13.7. The summed E-state index contributed by atoms with van der Waals surface area (Å²) < 4.78 is 28.8. The van der Waals surface area contributed by atoms with Crippen LogP contribution in [-0.4, -0.2) is 14.5 Å². The lowest BCUT2D eigenvalue weighted by Gasteiger charge is -2.07. The van der Waals surface area contributed by atoms with Crippen LogP contribution in [0.1, 0.15) is 11.4 Å². The number of pyridine rings is 1. The third-order valence-corrected chi connectivity index (χ3v) is 3.27. The number of alkyl halides is 1. The first-order valence-electron chi connectivity index (χ1n) is 5.98. The summed E-state index contributed by atoms with van der Waals surface area (Å²) in [6.45, 7) is 0.412. The summed E-state index contributed by atoms with van der Waals surface area (Å²) in [4.78, 5) is 8.16. The van der Waals surface area contributed by atoms with E-state index >= 15 is 0 Å². The normalized spacial score (nSPS) is 11.2. The van der Waals surface area contributed by atoms with E-state index in [1.54, 1.807) is 23.0 Å². The molecule has 0 aliphatic carbocycles. The molecule has 102 valence electrons. The van der Waals surface area contributed by atoms with Gasteiger partial charge in [0.15, 0.2) is 5.82 Å². The Bertz CT molecular complexity index is 756. The Morgan fingerprint density at radius 2 is 2.10 bits per heavy atom. The number of rotatable bonds is 3. The van der Waals surface area contributed by atoms with Crippen molar-refractivity contribution in [2.75, 3.05) is 0 Å². The van der Waals surface area contributed by atoms with Crippen molar-refractivity contribution in [3.8, 4) is 0 Å². The fraction of sp³-hybridized carbons (Fsp3) is 0.143. The standard InChI is InChI=1S/C14H10ClF2N3/c15-6-13-19-14-11(17)4-10(16)5-12(14)20(13)8-9-2-1-3-18-7-9/h1-5,7H,6,8H2. The number of imidazole rings is 1. The maximum Gasteiger partial charge on any atom is 0.153 e. The molecule has 0 radical (unpaired) electrons. The topological polar surface area (TPSA) is 30.7 Å². The molecule has 2 heterocycles. The zero-order valence-corrected chi connectivity index (χ0v) is 11.1. The van der Waals surface area contributed by atoms with Crippen LogP contribution in [0, 0.1) is 11.6 Å². The number of nitrogens with zero attached hydrogens (tertiary/aromatic N) is 3. The van der Waals surface area contributed by atoms with Gasteiger partial charge in [0.05, 0.1) is 17.9 Å². The molecule has 0 aliphatic rings. The molecule has 20 heavy (non-hydrogen) atoms. The number of hydrogen-bond donors (Lipinski definition) is 0. The molecule has 0 amide bonds. The largest absolute Gasteiger partial charge is 0.322 e. The van der Waals surface area contributed by atoms with Gasteiger partial charge in [-0.05, 0) is 17.7 Å².